The topological polar surface area (TPSA) is 64.6 Å². The first-order valence-corrected chi connectivity index (χ1v) is 20.7. The van der Waals surface area contributed by atoms with E-state index in [9.17, 15) is 0 Å². The maximum atomic E-state index is 7.49. The Hall–Kier alpha value is -4.50. The number of ether oxygens (including phenoxy) is 7. The lowest BCUT2D eigenvalue weighted by Gasteiger charge is -2.54. The van der Waals surface area contributed by atoms with E-state index in [2.05, 4.69) is 121 Å². The summed E-state index contributed by atoms with van der Waals surface area (Å²) >= 11 is 0. The average molecular weight is 769 g/mol. The number of hydrogen-bond donors (Lipinski definition) is 0. The molecule has 2 bridgehead atoms. The molecule has 0 aromatic heterocycles. The van der Waals surface area contributed by atoms with Crippen molar-refractivity contribution >= 4 is 0 Å². The molecule has 2 fully saturated rings. The highest BCUT2D eigenvalue weighted by molar-refractivity contribution is 5.48. The van der Waals surface area contributed by atoms with Crippen LogP contribution in [-0.4, -0.2) is 40.6 Å². The van der Waals surface area contributed by atoms with Gasteiger partial charge in [0.05, 0.1) is 53.9 Å². The van der Waals surface area contributed by atoms with Gasteiger partial charge in [-0.1, -0.05) is 121 Å². The van der Waals surface area contributed by atoms with Gasteiger partial charge in [-0.2, -0.15) is 0 Å². The molecule has 0 amide bonds. The Labute approximate surface area is 338 Å². The summed E-state index contributed by atoms with van der Waals surface area (Å²) in [5, 5.41) is 0. The molecule has 0 N–H and O–H groups in total. The minimum atomic E-state index is -0.818. The smallest absolute Gasteiger partial charge is 0.130 e. The van der Waals surface area contributed by atoms with Gasteiger partial charge in [0.25, 0.3) is 0 Å². The fourth-order valence-electron chi connectivity index (χ4n) is 10.1. The van der Waals surface area contributed by atoms with Crippen LogP contribution in [-0.2, 0) is 59.3 Å². The molecule has 7 heteroatoms. The first-order chi connectivity index (χ1) is 28.1. The second kappa shape index (κ2) is 17.6. The van der Waals surface area contributed by atoms with Crippen LogP contribution in [0.1, 0.15) is 84.7 Å². The third-order valence-corrected chi connectivity index (χ3v) is 12.6. The van der Waals surface area contributed by atoms with Gasteiger partial charge in [-0.3, -0.25) is 0 Å². The summed E-state index contributed by atoms with van der Waals surface area (Å²) < 4.78 is 48.2. The van der Waals surface area contributed by atoms with Crippen molar-refractivity contribution in [3.63, 3.8) is 0 Å². The fraction of sp³-hybridized carbons (Fsp3) is 0.400. The van der Waals surface area contributed by atoms with Crippen LogP contribution in [0.2, 0.25) is 0 Å². The monoisotopic (exact) mass is 768 g/mol. The average Bonchev–Trinajstić information content (AvgIpc) is 3.28. The van der Waals surface area contributed by atoms with E-state index in [4.69, 9.17) is 33.2 Å². The van der Waals surface area contributed by atoms with Crippen molar-refractivity contribution in [1.29, 1.82) is 0 Å². The van der Waals surface area contributed by atoms with Crippen LogP contribution >= 0.6 is 0 Å². The van der Waals surface area contributed by atoms with Gasteiger partial charge in [-0.05, 0) is 85.8 Å². The lowest BCUT2D eigenvalue weighted by molar-refractivity contribution is -0.257. The Morgan fingerprint density at radius 1 is 0.404 bits per heavy atom. The minimum Gasteiger partial charge on any atom is -0.497 e. The van der Waals surface area contributed by atoms with Crippen molar-refractivity contribution in [2.75, 3.05) is 40.6 Å². The predicted octanol–water partition coefficient (Wildman–Crippen LogP) is 10.5. The van der Waals surface area contributed by atoms with Crippen LogP contribution in [0, 0.1) is 0 Å². The van der Waals surface area contributed by atoms with Gasteiger partial charge >= 0.3 is 0 Å². The number of rotatable bonds is 6. The molecular formula is C50H56O7. The number of methoxy groups -OCH3 is 2. The molecule has 57 heavy (non-hydrogen) atoms. The Morgan fingerprint density at radius 3 is 1.05 bits per heavy atom. The van der Waals surface area contributed by atoms with Crippen molar-refractivity contribution in [2.45, 2.75) is 87.0 Å². The molecule has 298 valence electrons. The summed E-state index contributed by atoms with van der Waals surface area (Å²) in [7, 11) is 3.44. The third kappa shape index (κ3) is 7.30. The van der Waals surface area contributed by atoms with Crippen molar-refractivity contribution < 1.29 is 33.2 Å². The lowest BCUT2D eigenvalue weighted by atomic mass is 9.64. The Bertz CT molecular complexity index is 1890. The molecule has 4 atom stereocenters. The molecule has 0 saturated heterocycles. The second-order valence-electron chi connectivity index (χ2n) is 15.6. The van der Waals surface area contributed by atoms with Crippen LogP contribution < -0.4 is 9.47 Å². The normalized spacial score (nSPS) is 27.5. The highest BCUT2D eigenvalue weighted by Crippen LogP contribution is 2.58. The van der Waals surface area contributed by atoms with Gasteiger partial charge < -0.3 is 33.2 Å². The molecule has 0 radical (unpaired) electrons. The van der Waals surface area contributed by atoms with Gasteiger partial charge in [0.15, 0.2) is 0 Å². The molecule has 2 saturated carbocycles. The molecule has 7 nitrogen and oxygen atoms in total. The largest absolute Gasteiger partial charge is 0.497 e. The molecular weight excluding hydrogens is 713 g/mol. The maximum Gasteiger partial charge on any atom is 0.130 e. The number of benzene rings is 5. The first kappa shape index (κ1) is 39.3. The first-order valence-electron chi connectivity index (χ1n) is 20.7. The SMILES string of the molecule is COc1cc2c(OC)c(c1)CO[C@@]1(c3ccccc3)CCCC[C@]1(c1ccccc1)OCCOCCO[C@@]1(c3ccccc3)CCCC[C@]1(c1ccccc1)OC2. The summed E-state index contributed by atoms with van der Waals surface area (Å²) in [4.78, 5) is 0. The highest BCUT2D eigenvalue weighted by Gasteiger charge is 2.59. The summed E-state index contributed by atoms with van der Waals surface area (Å²) in [5.41, 5.74) is 2.91. The fourth-order valence-corrected chi connectivity index (χ4v) is 10.1. The maximum absolute atomic E-state index is 7.49. The summed E-state index contributed by atoms with van der Waals surface area (Å²) in [6.07, 6.45) is 7.18. The molecule has 3 aliphatic rings. The van der Waals surface area contributed by atoms with Crippen LogP contribution in [0.25, 0.3) is 0 Å². The molecule has 5 aromatic rings. The van der Waals surface area contributed by atoms with E-state index >= 15 is 0 Å². The lowest BCUT2D eigenvalue weighted by Crippen LogP contribution is -2.55. The zero-order valence-corrected chi connectivity index (χ0v) is 33.5. The van der Waals surface area contributed by atoms with Gasteiger partial charge in [0.2, 0.25) is 0 Å². The molecule has 2 aliphatic carbocycles. The highest BCUT2D eigenvalue weighted by atomic mass is 16.6. The molecule has 1 heterocycles. The zero-order chi connectivity index (χ0) is 39.0. The van der Waals surface area contributed by atoms with Gasteiger partial charge in [0, 0.05) is 11.1 Å². The van der Waals surface area contributed by atoms with Crippen molar-refractivity contribution in [3.05, 3.63) is 167 Å². The third-order valence-electron chi connectivity index (χ3n) is 12.6. The van der Waals surface area contributed by atoms with Gasteiger partial charge in [-0.25, -0.2) is 0 Å². The number of fused-ring (bicyclic) bond motifs is 4. The predicted molar refractivity (Wildman–Crippen MR) is 221 cm³/mol. The van der Waals surface area contributed by atoms with Crippen molar-refractivity contribution in [3.8, 4) is 11.5 Å². The van der Waals surface area contributed by atoms with E-state index in [1.807, 2.05) is 12.1 Å². The van der Waals surface area contributed by atoms with Crippen LogP contribution in [0.4, 0.5) is 0 Å². The van der Waals surface area contributed by atoms with Crippen LogP contribution in [0.3, 0.4) is 0 Å². The Kier molecular flexibility index (Phi) is 12.1. The van der Waals surface area contributed by atoms with E-state index in [1.54, 1.807) is 14.2 Å². The zero-order valence-electron chi connectivity index (χ0n) is 33.5. The standard InChI is InChI=1S/C50H56O7/c1-51-45-35-39-37-56-49(43-23-11-5-12-24-43)29-17-15-27-47(49,41-19-7-3-8-20-41)54-33-31-53-32-34-55-48(42-21-9-4-10-22-42)28-16-18-30-50(48,44-25-13-6-14-26-44)57-38-40(36-45)46(39)52-2/h3-14,19-26,35-36H,15-18,27-34,37-38H2,1-2H3/t47-,48-,49-,50-/m1/s1. The summed E-state index contributed by atoms with van der Waals surface area (Å²) in [6, 6.07) is 46.5. The van der Waals surface area contributed by atoms with Gasteiger partial charge in [-0.15, -0.1) is 0 Å². The molecule has 0 unspecified atom stereocenters. The van der Waals surface area contributed by atoms with E-state index in [1.165, 1.54) is 0 Å². The Balaban J connectivity index is 1.28. The molecule has 0 spiro atoms. The van der Waals surface area contributed by atoms with E-state index < -0.39 is 22.4 Å². The Morgan fingerprint density at radius 2 is 0.737 bits per heavy atom. The second-order valence-corrected chi connectivity index (χ2v) is 15.6. The summed E-state index contributed by atoms with van der Waals surface area (Å²) in [6.45, 7) is 2.12. The van der Waals surface area contributed by atoms with Crippen molar-refractivity contribution in [2.24, 2.45) is 0 Å². The van der Waals surface area contributed by atoms with Crippen LogP contribution in [0.5, 0.6) is 11.5 Å². The minimum absolute atomic E-state index is 0.262. The van der Waals surface area contributed by atoms with Crippen molar-refractivity contribution in [1.82, 2.24) is 0 Å². The summed E-state index contributed by atoms with van der Waals surface area (Å²) in [5.74, 6) is 1.44. The van der Waals surface area contributed by atoms with Crippen LogP contribution in [0.15, 0.2) is 133 Å². The van der Waals surface area contributed by atoms with E-state index in [-0.39, 0.29) is 13.2 Å². The molecule has 1 aliphatic heterocycles. The molecule has 8 rings (SSSR count). The molecule has 5 aromatic carbocycles. The number of hydrogen-bond acceptors (Lipinski definition) is 7. The van der Waals surface area contributed by atoms with E-state index in [0.29, 0.717) is 32.2 Å². The quantitative estimate of drug-likeness (QED) is 0.170. The van der Waals surface area contributed by atoms with Gasteiger partial charge in [0.1, 0.15) is 33.9 Å². The van der Waals surface area contributed by atoms with E-state index in [0.717, 1.165) is 90.5 Å².